The first-order valence-electron chi connectivity index (χ1n) is 12.9. The molecule has 0 N–H and O–H groups in total. The van der Waals surface area contributed by atoms with E-state index in [0.29, 0.717) is 0 Å². The van der Waals surface area contributed by atoms with Gasteiger partial charge in [-0.15, -0.1) is 79.4 Å². The van der Waals surface area contributed by atoms with E-state index in [1.807, 2.05) is 79.4 Å². The van der Waals surface area contributed by atoms with Crippen LogP contribution in [0.3, 0.4) is 0 Å². The van der Waals surface area contributed by atoms with Gasteiger partial charge in [-0.3, -0.25) is 0 Å². The molecule has 7 aromatic heterocycles. The third kappa shape index (κ3) is 4.11. The predicted octanol–water partition coefficient (Wildman–Crippen LogP) is 13.6. The van der Waals surface area contributed by atoms with E-state index in [4.69, 9.17) is 0 Å². The van der Waals surface area contributed by atoms with Crippen molar-refractivity contribution in [3.8, 4) is 43.1 Å². The predicted molar refractivity (Wildman–Crippen MR) is 186 cm³/mol. The summed E-state index contributed by atoms with van der Waals surface area (Å²) in [6, 6.07) is 9.66. The fourth-order valence-electron chi connectivity index (χ4n) is 5.77. The summed E-state index contributed by atoms with van der Waals surface area (Å²) in [6.45, 7) is 18.1. The van der Waals surface area contributed by atoms with Crippen LogP contribution in [0.2, 0.25) is 0 Å². The molecule has 7 rings (SSSR count). The third-order valence-electron chi connectivity index (χ3n) is 7.33. The van der Waals surface area contributed by atoms with Gasteiger partial charge in [0.05, 0.1) is 18.8 Å². The monoisotopic (exact) mass is 636 g/mol. The summed E-state index contributed by atoms with van der Waals surface area (Å²) < 4.78 is 5.88. The minimum atomic E-state index is 1.39. The average molecular weight is 637 g/mol. The minimum Gasteiger partial charge on any atom is -0.145 e. The van der Waals surface area contributed by atoms with Crippen molar-refractivity contribution in [1.29, 1.82) is 0 Å². The van der Waals surface area contributed by atoms with E-state index in [9.17, 15) is 0 Å². The van der Waals surface area contributed by atoms with Crippen LogP contribution < -0.4 is 0 Å². The van der Waals surface area contributed by atoms with Crippen LogP contribution in [-0.2, 0) is 0 Å². The van der Waals surface area contributed by atoms with E-state index < -0.39 is 0 Å². The molecule has 0 spiro atoms. The van der Waals surface area contributed by atoms with Gasteiger partial charge in [-0.05, 0) is 90.8 Å². The maximum atomic E-state index is 2.42. The number of thiophene rings is 7. The minimum absolute atomic E-state index is 1.39. The van der Waals surface area contributed by atoms with E-state index in [1.54, 1.807) is 0 Å². The van der Waals surface area contributed by atoms with Gasteiger partial charge in [-0.2, -0.15) is 0 Å². The average Bonchev–Trinajstić information content (AvgIpc) is 3.68. The Labute approximate surface area is 257 Å². The van der Waals surface area contributed by atoms with Gasteiger partial charge >= 0.3 is 0 Å². The van der Waals surface area contributed by atoms with Crippen molar-refractivity contribution >= 4 is 98.2 Å². The molecule has 0 fully saturated rings. The van der Waals surface area contributed by atoms with Gasteiger partial charge in [0, 0.05) is 71.0 Å². The van der Waals surface area contributed by atoms with E-state index in [1.165, 1.54) is 101 Å². The van der Waals surface area contributed by atoms with Crippen molar-refractivity contribution in [3.05, 3.63) is 63.3 Å². The zero-order valence-corrected chi connectivity index (χ0v) is 28.9. The molecule has 198 valence electrons. The quantitative estimate of drug-likeness (QED) is 0.180. The highest BCUT2D eigenvalue weighted by atomic mass is 32.1. The molecular weight excluding hydrogens is 609 g/mol. The fourth-order valence-corrected chi connectivity index (χ4v) is 14.3. The molecule has 7 heteroatoms. The Bertz CT molecular complexity index is 1900. The SMILES string of the molecule is Cc1cc(-c2sc3c(sc4c(-c5cc(C)sc5C)c(-c5cc(C)sc5C)sc43)c2-c2cc(C)sc2C)c(C)s1. The van der Waals surface area contributed by atoms with Crippen LogP contribution in [0.5, 0.6) is 0 Å². The van der Waals surface area contributed by atoms with Crippen LogP contribution >= 0.6 is 79.4 Å². The maximum Gasteiger partial charge on any atom is 0.0643 e. The first-order valence-corrected chi connectivity index (χ1v) is 18.6. The number of rotatable bonds is 4. The second-order valence-corrected chi connectivity index (χ2v) is 19.2. The van der Waals surface area contributed by atoms with Crippen LogP contribution in [0.25, 0.3) is 61.9 Å². The van der Waals surface area contributed by atoms with Crippen LogP contribution in [-0.4, -0.2) is 0 Å². The Kier molecular flexibility index (Phi) is 6.40. The van der Waals surface area contributed by atoms with Crippen LogP contribution in [0.1, 0.15) is 39.0 Å². The molecule has 0 nitrogen and oxygen atoms in total. The van der Waals surface area contributed by atoms with Gasteiger partial charge in [0.25, 0.3) is 0 Å². The summed E-state index contributed by atoms with van der Waals surface area (Å²) in [6.07, 6.45) is 0. The van der Waals surface area contributed by atoms with E-state index in [-0.39, 0.29) is 0 Å². The van der Waals surface area contributed by atoms with Crippen LogP contribution in [0.15, 0.2) is 24.3 Å². The van der Waals surface area contributed by atoms with Crippen molar-refractivity contribution in [2.45, 2.75) is 55.4 Å². The van der Waals surface area contributed by atoms with Crippen molar-refractivity contribution in [1.82, 2.24) is 0 Å². The first-order chi connectivity index (χ1) is 18.6. The maximum absolute atomic E-state index is 2.42. The summed E-state index contributed by atoms with van der Waals surface area (Å²) in [7, 11) is 0. The first kappa shape index (κ1) is 26.3. The summed E-state index contributed by atoms with van der Waals surface area (Å²) >= 11 is 13.8. The zero-order chi connectivity index (χ0) is 27.3. The topological polar surface area (TPSA) is 0 Å². The number of aryl methyl sites for hydroxylation is 8. The Hall–Kier alpha value is -1.58. The molecule has 0 bridgehead atoms. The van der Waals surface area contributed by atoms with Gasteiger partial charge in [0.1, 0.15) is 0 Å². The molecule has 0 aliphatic heterocycles. The van der Waals surface area contributed by atoms with E-state index in [0.717, 1.165) is 0 Å². The van der Waals surface area contributed by atoms with Gasteiger partial charge in [-0.25, -0.2) is 0 Å². The Morgan fingerprint density at radius 3 is 0.923 bits per heavy atom. The van der Waals surface area contributed by atoms with Crippen molar-refractivity contribution < 1.29 is 0 Å². The lowest BCUT2D eigenvalue weighted by Crippen LogP contribution is -1.80. The van der Waals surface area contributed by atoms with E-state index >= 15 is 0 Å². The molecule has 0 aliphatic rings. The van der Waals surface area contributed by atoms with Gasteiger partial charge < -0.3 is 0 Å². The van der Waals surface area contributed by atoms with Crippen molar-refractivity contribution in [3.63, 3.8) is 0 Å². The molecule has 39 heavy (non-hydrogen) atoms. The fraction of sp³-hybridized carbons (Fsp3) is 0.250. The van der Waals surface area contributed by atoms with Crippen molar-refractivity contribution in [2.75, 3.05) is 0 Å². The van der Waals surface area contributed by atoms with Gasteiger partial charge in [-0.1, -0.05) is 0 Å². The molecule has 0 radical (unpaired) electrons. The molecule has 7 aromatic rings. The zero-order valence-electron chi connectivity index (χ0n) is 23.2. The smallest absolute Gasteiger partial charge is 0.0643 e. The molecule has 0 aromatic carbocycles. The normalized spacial score (nSPS) is 12.1. The Morgan fingerprint density at radius 2 is 0.641 bits per heavy atom. The summed E-state index contributed by atoms with van der Waals surface area (Å²) in [5, 5.41) is 0. The van der Waals surface area contributed by atoms with Crippen LogP contribution in [0.4, 0.5) is 0 Å². The standard InChI is InChI=1S/C32H28S7/c1-13-9-21(17(5)33-13)25-27(23-11-15(3)35-19(23)7)37-31-29(25)39-30-26(22-10-14(2)34-18(22)6)28(38-32(30)31)24-12-16(4)36-20(24)8/h9-12H,1-8H3. The highest BCUT2D eigenvalue weighted by molar-refractivity contribution is 7.41. The second kappa shape index (κ2) is 9.48. The largest absolute Gasteiger partial charge is 0.145 e. The molecule has 0 saturated heterocycles. The number of hydrogen-bond acceptors (Lipinski definition) is 7. The Morgan fingerprint density at radius 1 is 0.333 bits per heavy atom. The van der Waals surface area contributed by atoms with Gasteiger partial charge in [0.2, 0.25) is 0 Å². The molecule has 0 atom stereocenters. The Balaban J connectivity index is 1.61. The van der Waals surface area contributed by atoms with E-state index in [2.05, 4.69) is 79.7 Å². The highest BCUT2D eigenvalue weighted by Gasteiger charge is 2.28. The van der Waals surface area contributed by atoms with Crippen LogP contribution in [0, 0.1) is 55.4 Å². The lowest BCUT2D eigenvalue weighted by molar-refractivity contribution is 1.58. The molecule has 0 aliphatic carbocycles. The molecule has 0 unspecified atom stereocenters. The third-order valence-corrected chi connectivity index (χ3v) is 15.3. The summed E-state index contributed by atoms with van der Waals surface area (Å²) in [5.74, 6) is 0. The molecule has 0 saturated carbocycles. The molecule has 0 amide bonds. The number of fused-ring (bicyclic) bond motifs is 3. The summed E-state index contributed by atoms with van der Waals surface area (Å²) in [5.41, 5.74) is 8.60. The lowest BCUT2D eigenvalue weighted by Gasteiger charge is -2.06. The lowest BCUT2D eigenvalue weighted by atomic mass is 10.0. The summed E-state index contributed by atoms with van der Waals surface area (Å²) in [4.78, 5) is 14.1. The van der Waals surface area contributed by atoms with Gasteiger partial charge in [0.15, 0.2) is 0 Å². The van der Waals surface area contributed by atoms with Crippen molar-refractivity contribution in [2.24, 2.45) is 0 Å². The second-order valence-electron chi connectivity index (χ2n) is 10.3. The highest BCUT2D eigenvalue weighted by Crippen LogP contribution is 2.59. The molecular formula is C32H28S7. The number of hydrogen-bond donors (Lipinski definition) is 0. The molecule has 7 heterocycles.